The van der Waals surface area contributed by atoms with Gasteiger partial charge in [0.15, 0.2) is 0 Å². The first-order valence-electron chi connectivity index (χ1n) is 9.71. The van der Waals surface area contributed by atoms with Crippen LogP contribution in [0.5, 0.6) is 0 Å². The summed E-state index contributed by atoms with van der Waals surface area (Å²) in [4.78, 5) is 24.1. The van der Waals surface area contributed by atoms with Gasteiger partial charge in [-0.25, -0.2) is 9.97 Å². The van der Waals surface area contributed by atoms with E-state index in [2.05, 4.69) is 9.97 Å². The van der Waals surface area contributed by atoms with Crippen molar-refractivity contribution in [2.24, 2.45) is 0 Å². The summed E-state index contributed by atoms with van der Waals surface area (Å²) in [5, 5.41) is 12.1. The third-order valence-electron chi connectivity index (χ3n) is 4.76. The van der Waals surface area contributed by atoms with Gasteiger partial charge in [-0.3, -0.25) is 10.1 Å². The van der Waals surface area contributed by atoms with Crippen molar-refractivity contribution in [2.75, 3.05) is 22.9 Å². The zero-order valence-electron chi connectivity index (χ0n) is 16.7. The van der Waals surface area contributed by atoms with E-state index in [4.69, 9.17) is 0 Å². The Hall–Kier alpha value is -3.48. The number of hydrogen-bond donors (Lipinski definition) is 0. The molecule has 0 atom stereocenters. The number of aromatic nitrogens is 2. The third-order valence-corrected chi connectivity index (χ3v) is 4.76. The molecule has 3 aromatic rings. The van der Waals surface area contributed by atoms with Crippen LogP contribution in [0.25, 0.3) is 0 Å². The van der Waals surface area contributed by atoms with E-state index in [0.717, 1.165) is 11.1 Å². The Labute approximate surface area is 170 Å². The van der Waals surface area contributed by atoms with E-state index >= 15 is 0 Å². The molecule has 29 heavy (non-hydrogen) atoms. The van der Waals surface area contributed by atoms with Gasteiger partial charge in [0, 0.05) is 26.2 Å². The predicted octanol–water partition coefficient (Wildman–Crippen LogP) is 4.44. The average Bonchev–Trinajstić information content (AvgIpc) is 2.75. The predicted molar refractivity (Wildman–Crippen MR) is 115 cm³/mol. The fourth-order valence-corrected chi connectivity index (χ4v) is 3.32. The molecule has 0 N–H and O–H groups in total. The molecular weight excluding hydrogens is 366 g/mol. The molecule has 7 nitrogen and oxygen atoms in total. The van der Waals surface area contributed by atoms with Crippen molar-refractivity contribution in [1.82, 2.24) is 9.97 Å². The Morgan fingerprint density at radius 1 is 0.793 bits per heavy atom. The van der Waals surface area contributed by atoms with Gasteiger partial charge in [0.1, 0.15) is 6.33 Å². The van der Waals surface area contributed by atoms with E-state index in [-0.39, 0.29) is 10.6 Å². The largest absolute Gasteiger partial charge is 0.353 e. The van der Waals surface area contributed by atoms with Gasteiger partial charge in [-0.1, -0.05) is 60.7 Å². The van der Waals surface area contributed by atoms with Gasteiger partial charge in [-0.2, -0.15) is 0 Å². The number of anilines is 2. The monoisotopic (exact) mass is 391 g/mol. The lowest BCUT2D eigenvalue weighted by Gasteiger charge is -2.26. The summed E-state index contributed by atoms with van der Waals surface area (Å²) in [6.07, 6.45) is 1.42. The molecular formula is C22H25N5O2. The second kappa shape index (κ2) is 9.64. The minimum atomic E-state index is -0.369. The highest BCUT2D eigenvalue weighted by Gasteiger charge is 2.29. The van der Waals surface area contributed by atoms with Gasteiger partial charge < -0.3 is 9.80 Å². The van der Waals surface area contributed by atoms with E-state index in [1.807, 2.05) is 84.3 Å². The Bertz CT molecular complexity index is 889. The maximum atomic E-state index is 12.1. The van der Waals surface area contributed by atoms with Gasteiger partial charge >= 0.3 is 5.69 Å². The molecule has 0 saturated heterocycles. The zero-order chi connectivity index (χ0) is 20.6. The minimum absolute atomic E-state index is 0.0527. The highest BCUT2D eigenvalue weighted by molar-refractivity contribution is 5.71. The van der Waals surface area contributed by atoms with Crippen LogP contribution in [-0.2, 0) is 13.1 Å². The van der Waals surface area contributed by atoms with Gasteiger partial charge in [-0.15, -0.1) is 0 Å². The van der Waals surface area contributed by atoms with Gasteiger partial charge in [-0.05, 0) is 25.0 Å². The molecule has 1 aromatic heterocycles. The molecule has 0 aliphatic heterocycles. The number of nitro groups is 1. The molecule has 1 heterocycles. The summed E-state index contributed by atoms with van der Waals surface area (Å²) in [5.74, 6) is 0.690. The van der Waals surface area contributed by atoms with Crippen LogP contribution in [0.3, 0.4) is 0 Å². The number of hydrogen-bond acceptors (Lipinski definition) is 6. The van der Waals surface area contributed by atoms with Crippen molar-refractivity contribution in [3.63, 3.8) is 0 Å². The van der Waals surface area contributed by atoms with Crippen LogP contribution in [0.4, 0.5) is 17.3 Å². The molecule has 2 aromatic carbocycles. The molecule has 0 spiro atoms. The summed E-state index contributed by atoms with van der Waals surface area (Å²) in [7, 11) is 0. The first kappa shape index (κ1) is 20.3. The van der Waals surface area contributed by atoms with Crippen LogP contribution < -0.4 is 9.80 Å². The van der Waals surface area contributed by atoms with Crippen LogP contribution in [0, 0.1) is 10.1 Å². The molecule has 0 unspecified atom stereocenters. The van der Waals surface area contributed by atoms with E-state index in [9.17, 15) is 10.1 Å². The van der Waals surface area contributed by atoms with Gasteiger partial charge in [0.25, 0.3) is 0 Å². The minimum Gasteiger partial charge on any atom is -0.351 e. The first-order chi connectivity index (χ1) is 14.1. The molecule has 0 amide bonds. The van der Waals surface area contributed by atoms with Crippen molar-refractivity contribution in [3.05, 3.63) is 88.2 Å². The summed E-state index contributed by atoms with van der Waals surface area (Å²) >= 11 is 0. The maximum absolute atomic E-state index is 12.1. The van der Waals surface area contributed by atoms with E-state index < -0.39 is 0 Å². The third kappa shape index (κ3) is 4.87. The first-order valence-corrected chi connectivity index (χ1v) is 9.71. The lowest BCUT2D eigenvalue weighted by molar-refractivity contribution is -0.383. The molecule has 0 aliphatic carbocycles. The standard InChI is InChI=1S/C22H25N5O2/c1-3-25(4-2)21-20(27(28)29)22(24-17-23-21)26(15-18-11-7-5-8-12-18)16-19-13-9-6-10-14-19/h5-14,17H,3-4,15-16H2,1-2H3. The second-order valence-electron chi connectivity index (χ2n) is 6.63. The molecule has 0 bridgehead atoms. The molecule has 7 heteroatoms. The molecule has 150 valence electrons. The van der Waals surface area contributed by atoms with Crippen LogP contribution >= 0.6 is 0 Å². The maximum Gasteiger partial charge on any atom is 0.353 e. The molecule has 0 radical (unpaired) electrons. The van der Waals surface area contributed by atoms with Crippen molar-refractivity contribution >= 4 is 17.3 Å². The molecule has 0 fully saturated rings. The second-order valence-corrected chi connectivity index (χ2v) is 6.63. The van der Waals surface area contributed by atoms with Crippen molar-refractivity contribution in [2.45, 2.75) is 26.9 Å². The summed E-state index contributed by atoms with van der Waals surface area (Å²) < 4.78 is 0. The van der Waals surface area contributed by atoms with Crippen molar-refractivity contribution in [1.29, 1.82) is 0 Å². The van der Waals surface area contributed by atoms with Crippen molar-refractivity contribution in [3.8, 4) is 0 Å². The quantitative estimate of drug-likeness (QED) is 0.397. The average molecular weight is 391 g/mol. The number of rotatable bonds is 9. The van der Waals surface area contributed by atoms with E-state index in [1.165, 1.54) is 6.33 Å². The fraction of sp³-hybridized carbons (Fsp3) is 0.273. The molecule has 3 rings (SSSR count). The highest BCUT2D eigenvalue weighted by atomic mass is 16.6. The summed E-state index contributed by atoms with van der Waals surface area (Å²) in [5.41, 5.74) is 2.06. The van der Waals surface area contributed by atoms with Crippen LogP contribution in [0.1, 0.15) is 25.0 Å². The Balaban J connectivity index is 2.08. The molecule has 0 saturated carbocycles. The zero-order valence-corrected chi connectivity index (χ0v) is 16.7. The summed E-state index contributed by atoms with van der Waals surface area (Å²) in [6, 6.07) is 19.8. The summed E-state index contributed by atoms with van der Waals surface area (Å²) in [6.45, 7) is 6.19. The number of benzene rings is 2. The highest BCUT2D eigenvalue weighted by Crippen LogP contribution is 2.35. The smallest absolute Gasteiger partial charge is 0.351 e. The lowest BCUT2D eigenvalue weighted by atomic mass is 10.1. The Kier molecular flexibility index (Phi) is 6.73. The number of nitrogens with zero attached hydrogens (tertiary/aromatic N) is 5. The van der Waals surface area contributed by atoms with Gasteiger partial charge in [0.05, 0.1) is 4.92 Å². The fourth-order valence-electron chi connectivity index (χ4n) is 3.32. The molecule has 0 aliphatic rings. The van der Waals surface area contributed by atoms with E-state index in [1.54, 1.807) is 0 Å². The lowest BCUT2D eigenvalue weighted by Crippen LogP contribution is -2.28. The topological polar surface area (TPSA) is 75.4 Å². The van der Waals surface area contributed by atoms with Gasteiger partial charge in [0.2, 0.25) is 11.6 Å². The van der Waals surface area contributed by atoms with Crippen LogP contribution in [-0.4, -0.2) is 28.0 Å². The van der Waals surface area contributed by atoms with Crippen LogP contribution in [0.2, 0.25) is 0 Å². The van der Waals surface area contributed by atoms with E-state index in [0.29, 0.717) is 37.8 Å². The normalized spacial score (nSPS) is 10.6. The Morgan fingerprint density at radius 2 is 1.24 bits per heavy atom. The Morgan fingerprint density at radius 3 is 1.66 bits per heavy atom. The SMILES string of the molecule is CCN(CC)c1ncnc(N(Cc2ccccc2)Cc2ccccc2)c1[N+](=O)[O-]. The van der Waals surface area contributed by atoms with Crippen molar-refractivity contribution < 1.29 is 4.92 Å². The van der Waals surface area contributed by atoms with Crippen LogP contribution in [0.15, 0.2) is 67.0 Å².